The summed E-state index contributed by atoms with van der Waals surface area (Å²) >= 11 is 5.82. The Bertz CT molecular complexity index is 260. The average Bonchev–Trinajstić information content (AvgIpc) is 2.45. The molecule has 15 heavy (non-hydrogen) atoms. The highest BCUT2D eigenvalue weighted by molar-refractivity contribution is 6.22. The predicted octanol–water partition coefficient (Wildman–Crippen LogP) is 2.38. The van der Waals surface area contributed by atoms with Crippen LogP contribution in [0.1, 0.15) is 27.2 Å². The molecule has 1 rings (SSSR count). The van der Waals surface area contributed by atoms with Crippen molar-refractivity contribution in [3.05, 3.63) is 12.2 Å². The van der Waals surface area contributed by atoms with Crippen molar-refractivity contribution in [1.29, 1.82) is 0 Å². The summed E-state index contributed by atoms with van der Waals surface area (Å²) < 4.78 is 4.99. The fourth-order valence-corrected chi connectivity index (χ4v) is 1.39. The average molecular weight is 234 g/mol. The van der Waals surface area contributed by atoms with Gasteiger partial charge in [-0.15, -0.1) is 11.6 Å². The predicted molar refractivity (Wildman–Crippen MR) is 57.6 cm³/mol. The molecule has 0 radical (unpaired) electrons. The summed E-state index contributed by atoms with van der Waals surface area (Å²) in [5.41, 5.74) is 1.71. The molecule has 0 unspecified atom stereocenters. The highest BCUT2D eigenvalue weighted by Gasteiger charge is 2.20. The Morgan fingerprint density at radius 2 is 2.13 bits per heavy atom. The minimum atomic E-state index is -0.589. The number of alkyl halides is 1. The van der Waals surface area contributed by atoms with Crippen molar-refractivity contribution >= 4 is 17.7 Å². The van der Waals surface area contributed by atoms with Crippen LogP contribution in [0.15, 0.2) is 12.2 Å². The minimum Gasteiger partial charge on any atom is -0.442 e. The third-order valence-electron chi connectivity index (χ3n) is 1.68. The van der Waals surface area contributed by atoms with E-state index >= 15 is 0 Å². The van der Waals surface area contributed by atoms with Gasteiger partial charge in [-0.25, -0.2) is 4.79 Å². The monoisotopic (exact) mass is 233 g/mol. The van der Waals surface area contributed by atoms with E-state index in [1.807, 2.05) is 12.2 Å². The minimum absolute atomic E-state index is 0.0181. The topological polar surface area (TPSA) is 47.6 Å². The van der Waals surface area contributed by atoms with Gasteiger partial charge in [-0.3, -0.25) is 4.84 Å². The lowest BCUT2D eigenvalue weighted by Crippen LogP contribution is -2.34. The van der Waals surface area contributed by atoms with Gasteiger partial charge < -0.3 is 4.74 Å². The molecule has 0 aliphatic heterocycles. The number of hydroxylamine groups is 1. The Hall–Kier alpha value is -0.740. The van der Waals surface area contributed by atoms with Crippen molar-refractivity contribution in [3.63, 3.8) is 0 Å². The number of nitrogens with one attached hydrogen (secondary N) is 1. The van der Waals surface area contributed by atoms with E-state index in [0.29, 0.717) is 6.42 Å². The van der Waals surface area contributed by atoms with Gasteiger partial charge in [0.05, 0.1) is 5.38 Å². The highest BCUT2D eigenvalue weighted by atomic mass is 35.5. The molecule has 0 aromatic carbocycles. The first-order chi connectivity index (χ1) is 6.87. The van der Waals surface area contributed by atoms with Crippen molar-refractivity contribution < 1.29 is 14.4 Å². The fourth-order valence-electron chi connectivity index (χ4n) is 1.13. The van der Waals surface area contributed by atoms with E-state index < -0.39 is 11.7 Å². The maximum atomic E-state index is 11.2. The second kappa shape index (κ2) is 4.86. The summed E-state index contributed by atoms with van der Waals surface area (Å²) in [5, 5.41) is -0.0181. The number of hydrogen-bond donors (Lipinski definition) is 1. The van der Waals surface area contributed by atoms with Crippen LogP contribution in [0.25, 0.3) is 0 Å². The van der Waals surface area contributed by atoms with Gasteiger partial charge in [0.25, 0.3) is 0 Å². The third-order valence-corrected chi connectivity index (χ3v) is 2.01. The van der Waals surface area contributed by atoms with E-state index in [1.54, 1.807) is 20.8 Å². The Morgan fingerprint density at radius 1 is 1.47 bits per heavy atom. The van der Waals surface area contributed by atoms with Crippen LogP contribution in [-0.4, -0.2) is 23.2 Å². The van der Waals surface area contributed by atoms with Crippen LogP contribution in [0.3, 0.4) is 0 Å². The lowest BCUT2D eigenvalue weighted by molar-refractivity contribution is -0.0267. The smallest absolute Gasteiger partial charge is 0.431 e. The summed E-state index contributed by atoms with van der Waals surface area (Å²) in [6.45, 7) is 5.37. The van der Waals surface area contributed by atoms with Crippen LogP contribution in [0.5, 0.6) is 0 Å². The lowest BCUT2D eigenvalue weighted by Gasteiger charge is -2.20. The molecule has 1 amide bonds. The van der Waals surface area contributed by atoms with Crippen molar-refractivity contribution in [2.45, 2.75) is 44.3 Å². The summed E-state index contributed by atoms with van der Waals surface area (Å²) in [6.07, 6.45) is 3.56. The fraction of sp³-hybridized carbons (Fsp3) is 0.700. The van der Waals surface area contributed by atoms with Gasteiger partial charge in [0.15, 0.2) is 0 Å². The number of carbonyl (C=O) groups is 1. The zero-order chi connectivity index (χ0) is 11.5. The van der Waals surface area contributed by atoms with Gasteiger partial charge in [-0.05, 0) is 27.2 Å². The summed E-state index contributed by atoms with van der Waals surface area (Å²) in [6, 6.07) is 0. The van der Waals surface area contributed by atoms with Crippen LogP contribution in [0.2, 0.25) is 0 Å². The van der Waals surface area contributed by atoms with Gasteiger partial charge >= 0.3 is 6.09 Å². The van der Waals surface area contributed by atoms with E-state index in [9.17, 15) is 4.79 Å². The Balaban J connectivity index is 2.20. The van der Waals surface area contributed by atoms with Crippen LogP contribution in [-0.2, 0) is 9.57 Å². The molecule has 1 aliphatic carbocycles. The van der Waals surface area contributed by atoms with E-state index in [2.05, 4.69) is 5.48 Å². The van der Waals surface area contributed by atoms with E-state index in [-0.39, 0.29) is 11.5 Å². The molecule has 0 aromatic rings. The molecule has 0 aromatic heterocycles. The van der Waals surface area contributed by atoms with Gasteiger partial charge in [0.1, 0.15) is 11.7 Å². The van der Waals surface area contributed by atoms with Crippen molar-refractivity contribution in [3.8, 4) is 0 Å². The first-order valence-electron chi connectivity index (χ1n) is 4.84. The molecule has 0 heterocycles. The van der Waals surface area contributed by atoms with Crippen molar-refractivity contribution in [2.75, 3.05) is 0 Å². The molecule has 1 aliphatic rings. The summed E-state index contributed by atoms with van der Waals surface area (Å²) in [7, 11) is 0. The molecule has 0 saturated heterocycles. The molecule has 5 heteroatoms. The molecule has 4 nitrogen and oxygen atoms in total. The standard InChI is InChI=1S/C10H16ClNO3/c1-10(2,3)14-9(13)12-15-8-5-4-7(11)6-8/h4-5,7-8H,6H2,1-3H3,(H,12,13)/t7-,8+/m1/s1. The van der Waals surface area contributed by atoms with Gasteiger partial charge in [-0.2, -0.15) is 5.48 Å². The number of allylic oxidation sites excluding steroid dienone is 1. The molecule has 2 atom stereocenters. The normalized spacial score (nSPS) is 25.3. The second-order valence-corrected chi connectivity index (χ2v) is 4.96. The zero-order valence-corrected chi connectivity index (χ0v) is 9.88. The van der Waals surface area contributed by atoms with Gasteiger partial charge in [0.2, 0.25) is 0 Å². The number of rotatable bonds is 2. The molecular formula is C10H16ClNO3. The third kappa shape index (κ3) is 5.04. The number of amides is 1. The SMILES string of the molecule is CC(C)(C)OC(=O)NO[C@H]1C=C[C@@H](Cl)C1. The summed E-state index contributed by atoms with van der Waals surface area (Å²) in [5.74, 6) is 0. The number of halogens is 1. The number of carbonyl (C=O) groups excluding carboxylic acids is 1. The maximum absolute atomic E-state index is 11.2. The van der Waals surface area contributed by atoms with Crippen LogP contribution >= 0.6 is 11.6 Å². The lowest BCUT2D eigenvalue weighted by atomic mass is 10.2. The quantitative estimate of drug-likeness (QED) is 0.453. The molecule has 0 bridgehead atoms. The van der Waals surface area contributed by atoms with E-state index in [0.717, 1.165) is 0 Å². The molecule has 1 N–H and O–H groups in total. The van der Waals surface area contributed by atoms with Gasteiger partial charge in [-0.1, -0.05) is 12.2 Å². The van der Waals surface area contributed by atoms with Crippen molar-refractivity contribution in [2.24, 2.45) is 0 Å². The molecule has 0 saturated carbocycles. The molecule has 0 spiro atoms. The van der Waals surface area contributed by atoms with E-state index in [1.165, 1.54) is 0 Å². The molecular weight excluding hydrogens is 218 g/mol. The first-order valence-corrected chi connectivity index (χ1v) is 5.27. The van der Waals surface area contributed by atoms with Crippen molar-refractivity contribution in [1.82, 2.24) is 5.48 Å². The van der Waals surface area contributed by atoms with E-state index in [4.69, 9.17) is 21.2 Å². The number of ether oxygens (including phenoxy) is 1. The van der Waals surface area contributed by atoms with Crippen LogP contribution in [0.4, 0.5) is 4.79 Å². The maximum Gasteiger partial charge on any atom is 0.431 e. The van der Waals surface area contributed by atoms with Crippen LogP contribution in [0, 0.1) is 0 Å². The Labute approximate surface area is 94.5 Å². The largest absolute Gasteiger partial charge is 0.442 e. The first kappa shape index (κ1) is 12.3. The summed E-state index contributed by atoms with van der Waals surface area (Å²) in [4.78, 5) is 16.3. The zero-order valence-electron chi connectivity index (χ0n) is 9.12. The molecule has 86 valence electrons. The second-order valence-electron chi connectivity index (χ2n) is 4.40. The van der Waals surface area contributed by atoms with Gasteiger partial charge in [0, 0.05) is 0 Å². The Morgan fingerprint density at radius 3 is 2.60 bits per heavy atom. The Kier molecular flexibility index (Phi) is 3.99. The van der Waals surface area contributed by atoms with Crippen LogP contribution < -0.4 is 5.48 Å². The number of hydrogen-bond acceptors (Lipinski definition) is 3. The molecule has 0 fully saturated rings. The highest BCUT2D eigenvalue weighted by Crippen LogP contribution is 2.18.